The third kappa shape index (κ3) is 5.81. The summed E-state index contributed by atoms with van der Waals surface area (Å²) in [6.07, 6.45) is -3.27. The number of halogens is 4. The van der Waals surface area contributed by atoms with E-state index < -0.39 is 21.9 Å². The average Bonchev–Trinajstić information content (AvgIpc) is 3.12. The van der Waals surface area contributed by atoms with Crippen molar-refractivity contribution in [2.45, 2.75) is 43.8 Å². The highest BCUT2D eigenvalue weighted by Gasteiger charge is 2.34. The molecule has 12 heteroatoms. The van der Waals surface area contributed by atoms with Crippen LogP contribution in [0.2, 0.25) is 5.02 Å². The highest BCUT2D eigenvalue weighted by molar-refractivity contribution is 7.89. The van der Waals surface area contributed by atoms with Gasteiger partial charge in [-0.1, -0.05) is 11.6 Å². The quantitative estimate of drug-likeness (QED) is 0.600. The number of alkyl halides is 3. The van der Waals surface area contributed by atoms with E-state index >= 15 is 0 Å². The Kier molecular flexibility index (Phi) is 7.51. The molecule has 1 amide bonds. The SMILES string of the molecule is Cc1cc(C(F)(F)F)nn1CCCNC(=O)C1CCN(S(=O)(=O)c2ccc(Cl)cc2)CC1. The normalized spacial score (nSPS) is 16.3. The van der Waals surface area contributed by atoms with Crippen LogP contribution in [0.25, 0.3) is 0 Å². The van der Waals surface area contributed by atoms with Gasteiger partial charge in [0, 0.05) is 42.8 Å². The number of carbonyl (C=O) groups excluding carboxylic acids is 1. The van der Waals surface area contributed by atoms with E-state index in [0.29, 0.717) is 36.5 Å². The van der Waals surface area contributed by atoms with Crippen LogP contribution in [0.15, 0.2) is 35.2 Å². The monoisotopic (exact) mass is 492 g/mol. The van der Waals surface area contributed by atoms with Crippen LogP contribution in [-0.2, 0) is 27.5 Å². The predicted molar refractivity (Wildman–Crippen MR) is 113 cm³/mol. The van der Waals surface area contributed by atoms with Crippen LogP contribution in [0, 0.1) is 12.8 Å². The molecule has 1 aromatic heterocycles. The minimum atomic E-state index is -4.49. The third-order valence-corrected chi connectivity index (χ3v) is 7.56. The van der Waals surface area contributed by atoms with E-state index in [1.807, 2.05) is 0 Å². The molecular weight excluding hydrogens is 469 g/mol. The first-order valence-corrected chi connectivity index (χ1v) is 12.0. The molecule has 32 heavy (non-hydrogen) atoms. The summed E-state index contributed by atoms with van der Waals surface area (Å²) in [5, 5.41) is 6.79. The Labute approximate surface area is 189 Å². The highest BCUT2D eigenvalue weighted by atomic mass is 35.5. The van der Waals surface area contributed by atoms with E-state index in [1.165, 1.54) is 33.3 Å². The minimum absolute atomic E-state index is 0.160. The third-order valence-electron chi connectivity index (χ3n) is 5.39. The van der Waals surface area contributed by atoms with E-state index in [-0.39, 0.29) is 36.4 Å². The van der Waals surface area contributed by atoms with Crippen LogP contribution >= 0.6 is 11.6 Å². The molecule has 1 saturated heterocycles. The Morgan fingerprint density at radius 2 is 1.84 bits per heavy atom. The molecule has 1 aliphatic heterocycles. The smallest absolute Gasteiger partial charge is 0.356 e. The Balaban J connectivity index is 1.44. The standard InChI is InChI=1S/C20H24ClF3N4O3S/c1-14-13-18(20(22,23)24)26-28(14)10-2-9-25-19(29)15-7-11-27(12-8-15)32(30,31)17-5-3-16(21)4-6-17/h3-6,13,15H,2,7-12H2,1H3,(H,25,29). The molecule has 7 nitrogen and oxygen atoms in total. The molecule has 0 unspecified atom stereocenters. The van der Waals surface area contributed by atoms with Gasteiger partial charge in [-0.25, -0.2) is 8.42 Å². The van der Waals surface area contributed by atoms with Crippen molar-refractivity contribution in [1.29, 1.82) is 0 Å². The molecule has 1 fully saturated rings. The average molecular weight is 493 g/mol. The first-order chi connectivity index (χ1) is 15.0. The Bertz CT molecular complexity index is 1050. The van der Waals surface area contributed by atoms with Gasteiger partial charge in [-0.15, -0.1) is 0 Å². The molecule has 0 radical (unpaired) electrons. The molecule has 0 spiro atoms. The highest BCUT2D eigenvalue weighted by Crippen LogP contribution is 2.28. The van der Waals surface area contributed by atoms with Crippen molar-refractivity contribution < 1.29 is 26.4 Å². The van der Waals surface area contributed by atoms with Gasteiger partial charge < -0.3 is 5.32 Å². The second kappa shape index (κ2) is 9.80. The van der Waals surface area contributed by atoms with Crippen molar-refractivity contribution in [3.63, 3.8) is 0 Å². The lowest BCUT2D eigenvalue weighted by Crippen LogP contribution is -2.43. The number of piperidine rings is 1. The van der Waals surface area contributed by atoms with Crippen molar-refractivity contribution in [3.05, 3.63) is 46.7 Å². The van der Waals surface area contributed by atoms with Gasteiger partial charge in [0.15, 0.2) is 5.69 Å². The summed E-state index contributed by atoms with van der Waals surface area (Å²) < 4.78 is 66.2. The number of carbonyl (C=O) groups is 1. The number of rotatable bonds is 7. The van der Waals surface area contributed by atoms with Crippen molar-refractivity contribution in [1.82, 2.24) is 19.4 Å². The minimum Gasteiger partial charge on any atom is -0.356 e. The Morgan fingerprint density at radius 1 is 1.22 bits per heavy atom. The lowest BCUT2D eigenvalue weighted by atomic mass is 9.97. The number of aryl methyl sites for hydroxylation is 2. The van der Waals surface area contributed by atoms with Gasteiger partial charge in [0.1, 0.15) is 0 Å². The van der Waals surface area contributed by atoms with Gasteiger partial charge in [0.25, 0.3) is 0 Å². The second-order valence-electron chi connectivity index (χ2n) is 7.67. The first-order valence-electron chi connectivity index (χ1n) is 10.1. The van der Waals surface area contributed by atoms with Crippen molar-refractivity contribution in [2.24, 2.45) is 5.92 Å². The number of nitrogens with zero attached hydrogens (tertiary/aromatic N) is 3. The summed E-state index contributed by atoms with van der Waals surface area (Å²) in [7, 11) is -3.64. The zero-order chi connectivity index (χ0) is 23.5. The first kappa shape index (κ1) is 24.5. The maximum atomic E-state index is 12.7. The molecule has 3 rings (SSSR count). The molecule has 0 saturated carbocycles. The van der Waals surface area contributed by atoms with Gasteiger partial charge in [0.05, 0.1) is 4.90 Å². The van der Waals surface area contributed by atoms with E-state index in [4.69, 9.17) is 11.6 Å². The summed E-state index contributed by atoms with van der Waals surface area (Å²) in [5.74, 6) is -0.489. The molecule has 0 aliphatic carbocycles. The zero-order valence-corrected chi connectivity index (χ0v) is 19.0. The molecule has 1 aliphatic rings. The molecule has 1 N–H and O–H groups in total. The maximum Gasteiger partial charge on any atom is 0.435 e. The van der Waals surface area contributed by atoms with E-state index in [0.717, 1.165) is 6.07 Å². The summed E-state index contributed by atoms with van der Waals surface area (Å²) >= 11 is 5.81. The van der Waals surface area contributed by atoms with Crippen LogP contribution in [0.4, 0.5) is 13.2 Å². The van der Waals surface area contributed by atoms with Gasteiger partial charge >= 0.3 is 6.18 Å². The van der Waals surface area contributed by atoms with Crippen molar-refractivity contribution in [3.8, 4) is 0 Å². The van der Waals surface area contributed by atoms with Gasteiger partial charge in [0.2, 0.25) is 15.9 Å². The maximum absolute atomic E-state index is 12.7. The summed E-state index contributed by atoms with van der Waals surface area (Å²) in [6.45, 7) is 2.56. The fourth-order valence-electron chi connectivity index (χ4n) is 3.57. The number of benzene rings is 1. The summed E-state index contributed by atoms with van der Waals surface area (Å²) in [6, 6.07) is 6.93. The summed E-state index contributed by atoms with van der Waals surface area (Å²) in [4.78, 5) is 12.6. The van der Waals surface area contributed by atoms with Crippen LogP contribution < -0.4 is 5.32 Å². The Hall–Kier alpha value is -2.11. The number of nitrogens with one attached hydrogen (secondary N) is 1. The fourth-order valence-corrected chi connectivity index (χ4v) is 5.17. The number of amides is 1. The predicted octanol–water partition coefficient (Wildman–Crippen LogP) is 3.47. The molecule has 2 heterocycles. The van der Waals surface area contributed by atoms with Gasteiger partial charge in [-0.05, 0) is 56.5 Å². The van der Waals surface area contributed by atoms with E-state index in [2.05, 4.69) is 10.4 Å². The number of sulfonamides is 1. The van der Waals surface area contributed by atoms with Crippen LogP contribution in [-0.4, -0.2) is 48.0 Å². The molecule has 176 valence electrons. The van der Waals surface area contributed by atoms with Crippen molar-refractivity contribution in [2.75, 3.05) is 19.6 Å². The lowest BCUT2D eigenvalue weighted by Gasteiger charge is -2.30. The van der Waals surface area contributed by atoms with Crippen LogP contribution in [0.5, 0.6) is 0 Å². The lowest BCUT2D eigenvalue weighted by molar-refractivity contribution is -0.141. The largest absolute Gasteiger partial charge is 0.435 e. The van der Waals surface area contributed by atoms with Crippen molar-refractivity contribution >= 4 is 27.5 Å². The zero-order valence-electron chi connectivity index (χ0n) is 17.4. The number of hydrogen-bond acceptors (Lipinski definition) is 4. The van der Waals surface area contributed by atoms with Gasteiger partial charge in [-0.2, -0.15) is 22.6 Å². The van der Waals surface area contributed by atoms with Crippen LogP contribution in [0.1, 0.15) is 30.7 Å². The molecule has 1 aromatic carbocycles. The molecule has 0 atom stereocenters. The molecule has 0 bridgehead atoms. The van der Waals surface area contributed by atoms with E-state index in [1.54, 1.807) is 6.92 Å². The summed E-state index contributed by atoms with van der Waals surface area (Å²) in [5.41, 5.74) is -0.530. The molecule has 2 aromatic rings. The number of hydrogen-bond donors (Lipinski definition) is 1. The van der Waals surface area contributed by atoms with E-state index in [9.17, 15) is 26.4 Å². The topological polar surface area (TPSA) is 84.3 Å². The van der Waals surface area contributed by atoms with Crippen LogP contribution in [0.3, 0.4) is 0 Å². The second-order valence-corrected chi connectivity index (χ2v) is 10.0. The fraction of sp³-hybridized carbons (Fsp3) is 0.500. The van der Waals surface area contributed by atoms with Gasteiger partial charge in [-0.3, -0.25) is 9.48 Å². The Morgan fingerprint density at radius 3 is 2.41 bits per heavy atom. The molecular formula is C20H24ClF3N4O3S. The number of aromatic nitrogens is 2.